The fourth-order valence-corrected chi connectivity index (χ4v) is 2.12. The van der Waals surface area contributed by atoms with Crippen LogP contribution in [0.4, 0.5) is 0 Å². The molecule has 0 aliphatic carbocycles. The molecule has 20 heavy (non-hydrogen) atoms. The molecule has 0 saturated carbocycles. The second-order valence-electron chi connectivity index (χ2n) is 5.86. The highest BCUT2D eigenvalue weighted by molar-refractivity contribution is 5.12. The first-order valence-electron chi connectivity index (χ1n) is 7.65. The summed E-state index contributed by atoms with van der Waals surface area (Å²) >= 11 is 0. The van der Waals surface area contributed by atoms with Crippen molar-refractivity contribution in [2.24, 2.45) is 0 Å². The maximum absolute atomic E-state index is 3.24. The van der Waals surface area contributed by atoms with Gasteiger partial charge in [-0.2, -0.15) is 0 Å². The minimum Gasteiger partial charge on any atom is -0.365 e. The smallest absolute Gasteiger partial charge is 0.0185 e. The van der Waals surface area contributed by atoms with Gasteiger partial charge in [0.05, 0.1) is 0 Å². The molecule has 1 N–H and O–H groups in total. The number of hydrogen-bond acceptors (Lipinski definition) is 0. The van der Waals surface area contributed by atoms with E-state index in [1.54, 1.807) is 0 Å². The molecule has 1 rings (SSSR count). The van der Waals surface area contributed by atoms with Crippen molar-refractivity contribution in [3.8, 4) is 0 Å². The number of aromatic nitrogens is 1. The first-order valence-corrected chi connectivity index (χ1v) is 7.65. The molecule has 0 bridgehead atoms. The molecule has 0 spiro atoms. The van der Waals surface area contributed by atoms with Crippen LogP contribution in [0.2, 0.25) is 0 Å². The predicted octanol–water partition coefficient (Wildman–Crippen LogP) is 5.98. The van der Waals surface area contributed by atoms with Gasteiger partial charge in [0.25, 0.3) is 0 Å². The summed E-state index contributed by atoms with van der Waals surface area (Å²) < 4.78 is 0. The molecule has 0 saturated heterocycles. The standard InChI is InChI=1S/C19H29N/c1-16(2)8-5-9-17(3)10-6-11-18(4)13-14-19-12-7-15-20-19/h7-8,10,12-13,15,20H,5-6,9,11,14H2,1-4H3/b17-10-,18-13-. The Labute approximate surface area is 124 Å². The molecule has 0 unspecified atom stereocenters. The van der Waals surface area contributed by atoms with Gasteiger partial charge in [0.2, 0.25) is 0 Å². The highest BCUT2D eigenvalue weighted by Crippen LogP contribution is 2.12. The van der Waals surface area contributed by atoms with Crippen LogP contribution in [0.25, 0.3) is 0 Å². The van der Waals surface area contributed by atoms with Crippen molar-refractivity contribution in [1.82, 2.24) is 4.98 Å². The van der Waals surface area contributed by atoms with Crippen molar-refractivity contribution in [2.75, 3.05) is 0 Å². The Morgan fingerprint density at radius 3 is 2.20 bits per heavy atom. The lowest BCUT2D eigenvalue weighted by Gasteiger charge is -2.01. The van der Waals surface area contributed by atoms with Crippen LogP contribution in [0.15, 0.2) is 53.3 Å². The zero-order valence-corrected chi connectivity index (χ0v) is 13.5. The highest BCUT2D eigenvalue weighted by atomic mass is 14.7. The SMILES string of the molecule is CC(C)=CCC/C(C)=C\CC/C(C)=C\Cc1ccc[nH]1. The van der Waals surface area contributed by atoms with Crippen molar-refractivity contribution in [3.63, 3.8) is 0 Å². The van der Waals surface area contributed by atoms with Crippen molar-refractivity contribution in [1.29, 1.82) is 0 Å². The Morgan fingerprint density at radius 2 is 1.60 bits per heavy atom. The van der Waals surface area contributed by atoms with Gasteiger partial charge >= 0.3 is 0 Å². The van der Waals surface area contributed by atoms with E-state index >= 15 is 0 Å². The van der Waals surface area contributed by atoms with E-state index in [0.717, 1.165) is 12.8 Å². The zero-order valence-electron chi connectivity index (χ0n) is 13.5. The molecule has 0 aliphatic rings. The Hall–Kier alpha value is -1.50. The van der Waals surface area contributed by atoms with Crippen LogP contribution in [0.1, 0.15) is 59.1 Å². The Morgan fingerprint density at radius 1 is 0.950 bits per heavy atom. The van der Waals surface area contributed by atoms with E-state index in [1.165, 1.54) is 41.7 Å². The molecule has 110 valence electrons. The van der Waals surface area contributed by atoms with Gasteiger partial charge in [-0.05, 0) is 65.5 Å². The molecule has 1 heteroatoms. The molecule has 0 aliphatic heterocycles. The molecule has 1 nitrogen and oxygen atoms in total. The molecule has 1 heterocycles. The molecule has 0 aromatic carbocycles. The number of rotatable bonds is 8. The maximum Gasteiger partial charge on any atom is 0.0185 e. The van der Waals surface area contributed by atoms with Gasteiger partial charge in [-0.1, -0.05) is 34.9 Å². The van der Waals surface area contributed by atoms with Crippen LogP contribution in [-0.4, -0.2) is 4.98 Å². The van der Waals surface area contributed by atoms with Crippen molar-refractivity contribution >= 4 is 0 Å². The molecular weight excluding hydrogens is 242 g/mol. The summed E-state index contributed by atoms with van der Waals surface area (Å²) in [6.45, 7) is 8.81. The Balaban J connectivity index is 2.24. The molecule has 0 fully saturated rings. The maximum atomic E-state index is 3.24. The van der Waals surface area contributed by atoms with Crippen LogP contribution >= 0.6 is 0 Å². The lowest BCUT2D eigenvalue weighted by Crippen LogP contribution is -1.84. The van der Waals surface area contributed by atoms with Crippen LogP contribution in [-0.2, 0) is 6.42 Å². The topological polar surface area (TPSA) is 15.8 Å². The number of nitrogens with one attached hydrogen (secondary N) is 1. The Bertz CT molecular complexity index is 454. The molecular formula is C19H29N. The number of allylic oxidation sites excluding steroid dienone is 6. The molecule has 1 aromatic heterocycles. The first-order chi connectivity index (χ1) is 9.58. The molecule has 0 atom stereocenters. The predicted molar refractivity (Wildman–Crippen MR) is 89.9 cm³/mol. The third kappa shape index (κ3) is 7.83. The van der Waals surface area contributed by atoms with Gasteiger partial charge in [0.1, 0.15) is 0 Å². The van der Waals surface area contributed by atoms with Crippen LogP contribution in [0, 0.1) is 0 Å². The number of hydrogen-bond donors (Lipinski definition) is 1. The van der Waals surface area contributed by atoms with Gasteiger partial charge < -0.3 is 4.98 Å². The monoisotopic (exact) mass is 271 g/mol. The second kappa shape index (κ2) is 9.41. The normalized spacial score (nSPS) is 12.6. The van der Waals surface area contributed by atoms with Crippen LogP contribution in [0.5, 0.6) is 0 Å². The third-order valence-corrected chi connectivity index (χ3v) is 3.46. The first kappa shape index (κ1) is 16.6. The van der Waals surface area contributed by atoms with Gasteiger partial charge in [0, 0.05) is 18.3 Å². The number of aromatic amines is 1. The molecule has 0 radical (unpaired) electrons. The van der Waals surface area contributed by atoms with E-state index in [0.29, 0.717) is 0 Å². The van der Waals surface area contributed by atoms with Crippen molar-refractivity contribution in [3.05, 3.63) is 59.0 Å². The summed E-state index contributed by atoms with van der Waals surface area (Å²) in [5, 5.41) is 0. The van der Waals surface area contributed by atoms with E-state index in [4.69, 9.17) is 0 Å². The lowest BCUT2D eigenvalue weighted by atomic mass is 10.1. The van der Waals surface area contributed by atoms with Gasteiger partial charge in [0.15, 0.2) is 0 Å². The summed E-state index contributed by atoms with van der Waals surface area (Å²) in [5.41, 5.74) is 5.70. The summed E-state index contributed by atoms with van der Waals surface area (Å²) in [7, 11) is 0. The average molecular weight is 271 g/mol. The van der Waals surface area contributed by atoms with E-state index in [1.807, 2.05) is 6.20 Å². The summed E-state index contributed by atoms with van der Waals surface area (Å²) in [4.78, 5) is 3.24. The summed E-state index contributed by atoms with van der Waals surface area (Å²) in [6.07, 6.45) is 14.7. The lowest BCUT2D eigenvalue weighted by molar-refractivity contribution is 0.913. The quantitative estimate of drug-likeness (QED) is 0.560. The third-order valence-electron chi connectivity index (χ3n) is 3.46. The van der Waals surface area contributed by atoms with E-state index in [2.05, 4.69) is 63.0 Å². The molecule has 1 aromatic rings. The van der Waals surface area contributed by atoms with Gasteiger partial charge in [-0.25, -0.2) is 0 Å². The number of H-pyrrole nitrogens is 1. The van der Waals surface area contributed by atoms with Gasteiger partial charge in [-0.3, -0.25) is 0 Å². The van der Waals surface area contributed by atoms with Crippen LogP contribution < -0.4 is 0 Å². The zero-order chi connectivity index (χ0) is 14.8. The average Bonchev–Trinajstić information content (AvgIpc) is 2.89. The molecule has 0 amide bonds. The minimum absolute atomic E-state index is 1.02. The minimum atomic E-state index is 1.02. The van der Waals surface area contributed by atoms with Crippen LogP contribution in [0.3, 0.4) is 0 Å². The van der Waals surface area contributed by atoms with E-state index in [-0.39, 0.29) is 0 Å². The fourth-order valence-electron chi connectivity index (χ4n) is 2.12. The van der Waals surface area contributed by atoms with Crippen molar-refractivity contribution < 1.29 is 0 Å². The van der Waals surface area contributed by atoms with Gasteiger partial charge in [-0.15, -0.1) is 0 Å². The van der Waals surface area contributed by atoms with E-state index in [9.17, 15) is 0 Å². The summed E-state index contributed by atoms with van der Waals surface area (Å²) in [6, 6.07) is 4.19. The Kier molecular flexibility index (Phi) is 7.79. The fraction of sp³-hybridized carbons (Fsp3) is 0.474. The van der Waals surface area contributed by atoms with E-state index < -0.39 is 0 Å². The highest BCUT2D eigenvalue weighted by Gasteiger charge is 1.93. The second-order valence-corrected chi connectivity index (χ2v) is 5.86. The summed E-state index contributed by atoms with van der Waals surface area (Å²) in [5.74, 6) is 0. The largest absolute Gasteiger partial charge is 0.365 e. The van der Waals surface area contributed by atoms with Crippen molar-refractivity contribution in [2.45, 2.75) is 59.8 Å².